The van der Waals surface area contributed by atoms with E-state index < -0.39 is 11.9 Å². The summed E-state index contributed by atoms with van der Waals surface area (Å²) in [7, 11) is 0. The molecule has 0 amide bonds. The van der Waals surface area contributed by atoms with E-state index in [2.05, 4.69) is 41.5 Å². The largest absolute Gasteiger partial charge is 0.433 e. The summed E-state index contributed by atoms with van der Waals surface area (Å²) < 4.78 is 41.1. The van der Waals surface area contributed by atoms with Crippen LogP contribution in [0, 0.1) is 0 Å². The number of fused-ring (bicyclic) bond motifs is 1. The van der Waals surface area contributed by atoms with Gasteiger partial charge >= 0.3 is 6.18 Å². The molecule has 0 aliphatic heterocycles. The maximum atomic E-state index is 13.0. The zero-order chi connectivity index (χ0) is 19.9. The average Bonchev–Trinajstić information content (AvgIpc) is 3.21. The van der Waals surface area contributed by atoms with Gasteiger partial charge in [0.15, 0.2) is 11.5 Å². The fourth-order valence-corrected chi connectivity index (χ4v) is 3.50. The van der Waals surface area contributed by atoms with E-state index in [-0.39, 0.29) is 18.0 Å². The summed E-state index contributed by atoms with van der Waals surface area (Å²) in [6.07, 6.45) is -4.55. The highest BCUT2D eigenvalue weighted by Gasteiger charge is 2.33. The molecular formula is C16H11BrF3N7S. The number of benzene rings is 1. The first-order chi connectivity index (χ1) is 13.3. The Morgan fingerprint density at radius 1 is 1.11 bits per heavy atom. The molecule has 0 spiro atoms. The molecule has 1 aromatic carbocycles. The predicted molar refractivity (Wildman–Crippen MR) is 103 cm³/mol. The summed E-state index contributed by atoms with van der Waals surface area (Å²) >= 11 is 4.62. The van der Waals surface area contributed by atoms with Gasteiger partial charge in [0, 0.05) is 10.2 Å². The van der Waals surface area contributed by atoms with Gasteiger partial charge < -0.3 is 11.1 Å². The maximum Gasteiger partial charge on any atom is 0.433 e. The molecule has 3 N–H and O–H groups in total. The summed E-state index contributed by atoms with van der Waals surface area (Å²) in [5.74, 6) is 0.106. The van der Waals surface area contributed by atoms with Crippen molar-refractivity contribution in [2.45, 2.75) is 12.7 Å². The molecule has 0 bridgehead atoms. The Labute approximate surface area is 168 Å². The van der Waals surface area contributed by atoms with Gasteiger partial charge in [-0.3, -0.25) is 0 Å². The second kappa shape index (κ2) is 7.02. The molecule has 0 saturated carbocycles. The number of nitrogens with zero attached hydrogens (tertiary/aromatic N) is 5. The molecule has 3 heterocycles. The van der Waals surface area contributed by atoms with Gasteiger partial charge in [-0.05, 0) is 36.4 Å². The van der Waals surface area contributed by atoms with E-state index in [0.717, 1.165) is 16.2 Å². The highest BCUT2D eigenvalue weighted by atomic mass is 79.9. The van der Waals surface area contributed by atoms with Gasteiger partial charge in [0.1, 0.15) is 10.7 Å². The molecule has 4 rings (SSSR count). The molecule has 0 fully saturated rings. The highest BCUT2D eigenvalue weighted by Crippen LogP contribution is 2.31. The van der Waals surface area contributed by atoms with Crippen molar-refractivity contribution in [2.24, 2.45) is 0 Å². The molecule has 0 aliphatic carbocycles. The van der Waals surface area contributed by atoms with Crippen molar-refractivity contribution in [1.29, 1.82) is 0 Å². The zero-order valence-electron chi connectivity index (χ0n) is 13.9. The molecule has 0 unspecified atom stereocenters. The lowest BCUT2D eigenvalue weighted by molar-refractivity contribution is -0.141. The van der Waals surface area contributed by atoms with E-state index in [1.807, 2.05) is 24.3 Å². The van der Waals surface area contributed by atoms with Crippen LogP contribution in [0.2, 0.25) is 0 Å². The molecular weight excluding hydrogens is 459 g/mol. The average molecular weight is 470 g/mol. The summed E-state index contributed by atoms with van der Waals surface area (Å²) in [4.78, 5) is 3.68. The minimum atomic E-state index is -4.55. The smallest absolute Gasteiger partial charge is 0.382 e. The number of hydrogen-bond donors (Lipinski definition) is 2. The molecule has 0 atom stereocenters. The molecule has 144 valence electrons. The fourth-order valence-electron chi connectivity index (χ4n) is 2.50. The lowest BCUT2D eigenvalue weighted by Gasteiger charge is -2.06. The highest BCUT2D eigenvalue weighted by molar-refractivity contribution is 9.10. The standard InChI is InChI=1S/C16H11BrF3N7S/c17-8-1-3-9(4-2-8)22-15-25-24-12(28-15)7-27-14-10(13(21)26-27)5-6-11(23-14)16(18,19)20/h1-6H,7H2,(H2,21,26)(H,22,25). The van der Waals surface area contributed by atoms with Crippen molar-refractivity contribution in [2.75, 3.05) is 11.1 Å². The van der Waals surface area contributed by atoms with Gasteiger partial charge in [-0.2, -0.15) is 18.3 Å². The monoisotopic (exact) mass is 469 g/mol. The minimum Gasteiger partial charge on any atom is -0.382 e. The zero-order valence-corrected chi connectivity index (χ0v) is 16.3. The lowest BCUT2D eigenvalue weighted by Crippen LogP contribution is -2.09. The van der Waals surface area contributed by atoms with Crippen molar-refractivity contribution < 1.29 is 13.2 Å². The van der Waals surface area contributed by atoms with Gasteiger partial charge in [-0.15, -0.1) is 10.2 Å². The third-order valence-electron chi connectivity index (χ3n) is 3.76. The van der Waals surface area contributed by atoms with Gasteiger partial charge in [-0.25, -0.2) is 9.67 Å². The van der Waals surface area contributed by atoms with Gasteiger partial charge in [0.05, 0.1) is 11.9 Å². The van der Waals surface area contributed by atoms with Crippen molar-refractivity contribution >= 4 is 54.9 Å². The fraction of sp³-hybridized carbons (Fsp3) is 0.125. The van der Waals surface area contributed by atoms with Crippen molar-refractivity contribution in [1.82, 2.24) is 25.0 Å². The molecule has 4 aromatic rings. The second-order valence-electron chi connectivity index (χ2n) is 5.74. The van der Waals surface area contributed by atoms with Crippen LogP contribution in [0.1, 0.15) is 10.7 Å². The van der Waals surface area contributed by atoms with Crippen LogP contribution in [0.3, 0.4) is 0 Å². The topological polar surface area (TPSA) is 94.5 Å². The number of alkyl halides is 3. The number of halogens is 4. The molecule has 28 heavy (non-hydrogen) atoms. The van der Waals surface area contributed by atoms with Crippen LogP contribution in [0.5, 0.6) is 0 Å². The molecule has 7 nitrogen and oxygen atoms in total. The van der Waals surface area contributed by atoms with Gasteiger partial charge in [0.25, 0.3) is 0 Å². The number of nitrogens with two attached hydrogens (primary N) is 1. The van der Waals surface area contributed by atoms with E-state index >= 15 is 0 Å². The quantitative estimate of drug-likeness (QED) is 0.458. The first-order valence-corrected chi connectivity index (χ1v) is 9.46. The minimum absolute atomic E-state index is 0.0462. The first kappa shape index (κ1) is 18.6. The molecule has 0 radical (unpaired) electrons. The van der Waals surface area contributed by atoms with Crippen LogP contribution in [-0.2, 0) is 12.7 Å². The third-order valence-corrected chi connectivity index (χ3v) is 5.11. The van der Waals surface area contributed by atoms with Crippen LogP contribution in [0.4, 0.5) is 29.8 Å². The summed E-state index contributed by atoms with van der Waals surface area (Å²) in [6.45, 7) is 0.0989. The normalized spacial score (nSPS) is 11.9. The second-order valence-corrected chi connectivity index (χ2v) is 7.72. The summed E-state index contributed by atoms with van der Waals surface area (Å²) in [5.41, 5.74) is 5.68. The predicted octanol–water partition coefficient (Wildman–Crippen LogP) is 4.44. The van der Waals surface area contributed by atoms with Crippen molar-refractivity contribution in [3.05, 3.63) is 51.6 Å². The SMILES string of the molecule is Nc1nn(Cc2nnc(Nc3ccc(Br)cc3)s2)c2nc(C(F)(F)F)ccc12. The summed E-state index contributed by atoms with van der Waals surface area (Å²) in [6, 6.07) is 9.66. The molecule has 0 saturated heterocycles. The van der Waals surface area contributed by atoms with E-state index in [1.54, 1.807) is 0 Å². The number of hydrogen-bond acceptors (Lipinski definition) is 7. The van der Waals surface area contributed by atoms with E-state index in [4.69, 9.17) is 5.73 Å². The number of nitrogen functional groups attached to an aromatic ring is 1. The number of aromatic nitrogens is 5. The molecule has 3 aromatic heterocycles. The van der Waals surface area contributed by atoms with Crippen LogP contribution < -0.4 is 11.1 Å². The number of nitrogens with one attached hydrogen (secondary N) is 1. The van der Waals surface area contributed by atoms with E-state index in [0.29, 0.717) is 15.5 Å². The molecule has 0 aliphatic rings. The summed E-state index contributed by atoms with van der Waals surface area (Å²) in [5, 5.41) is 16.8. The first-order valence-electron chi connectivity index (χ1n) is 7.85. The van der Waals surface area contributed by atoms with Gasteiger partial charge in [0.2, 0.25) is 5.13 Å². The van der Waals surface area contributed by atoms with Crippen LogP contribution in [0.15, 0.2) is 40.9 Å². The Kier molecular flexibility index (Phi) is 4.67. The van der Waals surface area contributed by atoms with Crippen molar-refractivity contribution in [3.63, 3.8) is 0 Å². The Hall–Kier alpha value is -2.73. The third kappa shape index (κ3) is 3.78. The maximum absolute atomic E-state index is 13.0. The number of anilines is 3. The Bertz CT molecular complexity index is 1140. The number of pyridine rings is 1. The van der Waals surface area contributed by atoms with E-state index in [1.165, 1.54) is 22.1 Å². The van der Waals surface area contributed by atoms with Gasteiger partial charge in [-0.1, -0.05) is 27.3 Å². The Morgan fingerprint density at radius 2 is 1.86 bits per heavy atom. The Morgan fingerprint density at radius 3 is 2.57 bits per heavy atom. The lowest BCUT2D eigenvalue weighted by atomic mass is 10.3. The number of rotatable bonds is 4. The van der Waals surface area contributed by atoms with E-state index in [9.17, 15) is 13.2 Å². The molecule has 12 heteroatoms. The Balaban J connectivity index is 1.60. The van der Waals surface area contributed by atoms with Crippen molar-refractivity contribution in [3.8, 4) is 0 Å². The van der Waals surface area contributed by atoms with Crippen LogP contribution in [0.25, 0.3) is 11.0 Å². The van der Waals surface area contributed by atoms with Crippen LogP contribution in [-0.4, -0.2) is 25.0 Å². The van der Waals surface area contributed by atoms with Crippen LogP contribution >= 0.6 is 27.3 Å².